The van der Waals surface area contributed by atoms with Crippen LogP contribution in [0.5, 0.6) is 0 Å². The molecule has 0 atom stereocenters. The lowest BCUT2D eigenvalue weighted by molar-refractivity contribution is 0.0468. The number of carbonyl (C=O) groups is 1. The lowest BCUT2D eigenvalue weighted by Crippen LogP contribution is -2.08. The molecule has 0 aliphatic carbocycles. The molecule has 1 rings (SSSR count). The summed E-state index contributed by atoms with van der Waals surface area (Å²) in [5, 5.41) is -0.0501. The minimum Gasteiger partial charge on any atom is -0.462 e. The Kier molecular flexibility index (Phi) is 6.06. The van der Waals surface area contributed by atoms with Crippen molar-refractivity contribution < 1.29 is 22.7 Å². The van der Waals surface area contributed by atoms with Crippen LogP contribution < -0.4 is 0 Å². The van der Waals surface area contributed by atoms with E-state index in [1.165, 1.54) is 12.1 Å². The van der Waals surface area contributed by atoms with E-state index in [9.17, 15) is 13.2 Å². The van der Waals surface area contributed by atoms with Crippen LogP contribution in [0.25, 0.3) is 0 Å². The molecule has 0 aliphatic rings. The van der Waals surface area contributed by atoms with Crippen molar-refractivity contribution in [3.8, 4) is 0 Å². The zero-order valence-corrected chi connectivity index (χ0v) is 12.4. The molecule has 5 nitrogen and oxygen atoms in total. The van der Waals surface area contributed by atoms with E-state index < -0.39 is 15.0 Å². The predicted octanol–water partition coefficient (Wildman–Crippen LogP) is 2.46. The Balaban J connectivity index is 2.82. The smallest absolute Gasteiger partial charge is 0.338 e. The number of hydrogen-bond donors (Lipinski definition) is 0. The van der Waals surface area contributed by atoms with Gasteiger partial charge in [-0.1, -0.05) is 11.6 Å². The fourth-order valence-electron chi connectivity index (χ4n) is 1.27. The van der Waals surface area contributed by atoms with E-state index in [1.54, 1.807) is 7.11 Å². The van der Waals surface area contributed by atoms with E-state index in [1.807, 2.05) is 0 Å². The fraction of sp³-hybridized carbons (Fsp3) is 0.364. The van der Waals surface area contributed by atoms with E-state index in [0.29, 0.717) is 13.0 Å². The third-order valence-electron chi connectivity index (χ3n) is 2.16. The number of ether oxygens (including phenoxy) is 2. The quantitative estimate of drug-likeness (QED) is 0.456. The summed E-state index contributed by atoms with van der Waals surface area (Å²) in [7, 11) is 2.74. The molecule has 0 N–H and O–H groups in total. The van der Waals surface area contributed by atoms with Crippen molar-refractivity contribution in [1.82, 2.24) is 0 Å². The monoisotopic (exact) mass is 326 g/mol. The normalized spacial score (nSPS) is 11.3. The van der Waals surface area contributed by atoms with Gasteiger partial charge >= 0.3 is 5.97 Å². The highest BCUT2D eigenvalue weighted by Gasteiger charge is 2.18. The van der Waals surface area contributed by atoms with Crippen LogP contribution in [0.1, 0.15) is 16.8 Å². The molecule has 0 unspecified atom stereocenters. The molecule has 19 heavy (non-hydrogen) atoms. The molecular weight excluding hydrogens is 315 g/mol. The Morgan fingerprint density at radius 3 is 2.58 bits per heavy atom. The lowest BCUT2D eigenvalue weighted by Gasteiger charge is -2.06. The van der Waals surface area contributed by atoms with E-state index in [4.69, 9.17) is 31.8 Å². The maximum absolute atomic E-state index is 11.7. The Hall–Kier alpha value is -0.820. The fourth-order valence-corrected chi connectivity index (χ4v) is 2.76. The van der Waals surface area contributed by atoms with Crippen molar-refractivity contribution >= 4 is 37.3 Å². The number of benzene rings is 1. The largest absolute Gasteiger partial charge is 0.462 e. The molecule has 0 spiro atoms. The Morgan fingerprint density at radius 2 is 2.00 bits per heavy atom. The maximum atomic E-state index is 11.7. The second-order valence-corrected chi connectivity index (χ2v) is 6.51. The van der Waals surface area contributed by atoms with Gasteiger partial charge in [0, 0.05) is 30.8 Å². The van der Waals surface area contributed by atoms with Crippen molar-refractivity contribution in [3.63, 3.8) is 0 Å². The summed E-state index contributed by atoms with van der Waals surface area (Å²) < 4.78 is 32.2. The number of carbonyl (C=O) groups excluding carboxylic acids is 1. The first-order valence-corrected chi connectivity index (χ1v) is 7.95. The molecule has 0 heterocycles. The van der Waals surface area contributed by atoms with Crippen molar-refractivity contribution in [3.05, 3.63) is 28.8 Å². The first-order chi connectivity index (χ1) is 8.86. The van der Waals surface area contributed by atoms with Crippen LogP contribution in [0, 0.1) is 0 Å². The van der Waals surface area contributed by atoms with Gasteiger partial charge in [0.05, 0.1) is 17.2 Å². The summed E-state index contributed by atoms with van der Waals surface area (Å²) in [6, 6.07) is 3.73. The van der Waals surface area contributed by atoms with Crippen LogP contribution >= 0.6 is 22.3 Å². The zero-order valence-electron chi connectivity index (χ0n) is 10.1. The topological polar surface area (TPSA) is 69.7 Å². The Morgan fingerprint density at radius 1 is 1.32 bits per heavy atom. The van der Waals surface area contributed by atoms with Crippen molar-refractivity contribution in [1.29, 1.82) is 0 Å². The van der Waals surface area contributed by atoms with Crippen molar-refractivity contribution in [2.45, 2.75) is 11.3 Å². The van der Waals surface area contributed by atoms with Crippen LogP contribution in [0.3, 0.4) is 0 Å². The molecule has 1 aromatic rings. The molecule has 0 radical (unpaired) electrons. The van der Waals surface area contributed by atoms with Crippen LogP contribution in [-0.2, 0) is 18.5 Å². The van der Waals surface area contributed by atoms with Gasteiger partial charge in [-0.15, -0.1) is 0 Å². The summed E-state index contributed by atoms with van der Waals surface area (Å²) in [6.07, 6.45) is 0.552. The van der Waals surface area contributed by atoms with Crippen molar-refractivity contribution in [2.75, 3.05) is 20.3 Å². The number of rotatable bonds is 6. The second-order valence-electron chi connectivity index (χ2n) is 3.57. The van der Waals surface area contributed by atoms with Crippen LogP contribution in [0.4, 0.5) is 0 Å². The van der Waals surface area contributed by atoms with Gasteiger partial charge in [-0.2, -0.15) is 0 Å². The first-order valence-electron chi connectivity index (χ1n) is 5.26. The number of esters is 1. The molecule has 8 heteroatoms. The molecule has 0 aromatic heterocycles. The molecule has 0 aliphatic heterocycles. The summed E-state index contributed by atoms with van der Waals surface area (Å²) >= 11 is 5.70. The summed E-state index contributed by atoms with van der Waals surface area (Å²) in [5.74, 6) is -0.644. The molecule has 1 aromatic carbocycles. The highest BCUT2D eigenvalue weighted by atomic mass is 35.7. The molecule has 0 saturated heterocycles. The predicted molar refractivity (Wildman–Crippen MR) is 71.3 cm³/mol. The zero-order chi connectivity index (χ0) is 14.5. The van der Waals surface area contributed by atoms with Gasteiger partial charge in [0.1, 0.15) is 4.90 Å². The Labute approximate surface area is 120 Å². The summed E-state index contributed by atoms with van der Waals surface area (Å²) in [6.45, 7) is 0.646. The van der Waals surface area contributed by atoms with Gasteiger partial charge in [-0.3, -0.25) is 0 Å². The summed E-state index contributed by atoms with van der Waals surface area (Å²) in [4.78, 5) is 11.3. The molecule has 0 fully saturated rings. The van der Waals surface area contributed by atoms with E-state index in [0.717, 1.165) is 6.07 Å². The average molecular weight is 327 g/mol. The van der Waals surface area contributed by atoms with Crippen molar-refractivity contribution in [2.24, 2.45) is 0 Å². The minimum atomic E-state index is -4.01. The van der Waals surface area contributed by atoms with E-state index in [2.05, 4.69) is 0 Å². The average Bonchev–Trinajstić information content (AvgIpc) is 2.33. The van der Waals surface area contributed by atoms with E-state index in [-0.39, 0.29) is 22.1 Å². The third kappa shape index (κ3) is 4.99. The molecule has 0 saturated carbocycles. The van der Waals surface area contributed by atoms with Gasteiger partial charge in [-0.05, 0) is 18.2 Å². The third-order valence-corrected chi connectivity index (χ3v) is 3.96. The van der Waals surface area contributed by atoms with Crippen LogP contribution in [-0.4, -0.2) is 34.7 Å². The molecule has 0 amide bonds. The van der Waals surface area contributed by atoms with Gasteiger partial charge in [-0.25, -0.2) is 13.2 Å². The molecule has 0 bridgehead atoms. The standard InChI is InChI=1S/C11H12Cl2O5S/c1-17-5-2-6-18-11(14)8-3-4-9(12)10(7-8)19(13,15)16/h3-4,7H,2,5-6H2,1H3. The van der Waals surface area contributed by atoms with Gasteiger partial charge in [0.25, 0.3) is 9.05 Å². The number of methoxy groups -OCH3 is 1. The second kappa shape index (κ2) is 7.09. The number of halogens is 2. The highest BCUT2D eigenvalue weighted by molar-refractivity contribution is 8.13. The minimum absolute atomic E-state index is 0.0501. The van der Waals surface area contributed by atoms with Gasteiger partial charge in [0.15, 0.2) is 0 Å². The SMILES string of the molecule is COCCCOC(=O)c1ccc(Cl)c(S(=O)(=O)Cl)c1. The van der Waals surface area contributed by atoms with E-state index >= 15 is 0 Å². The van der Waals surface area contributed by atoms with Gasteiger partial charge < -0.3 is 9.47 Å². The van der Waals surface area contributed by atoms with Gasteiger partial charge in [0.2, 0.25) is 0 Å². The van der Waals surface area contributed by atoms with Crippen LogP contribution in [0.15, 0.2) is 23.1 Å². The lowest BCUT2D eigenvalue weighted by atomic mass is 10.2. The molecule has 106 valence electrons. The Bertz CT molecular complexity index is 556. The summed E-state index contributed by atoms with van der Waals surface area (Å²) in [5.41, 5.74) is 0.0704. The van der Waals surface area contributed by atoms with Crippen LogP contribution in [0.2, 0.25) is 5.02 Å². The maximum Gasteiger partial charge on any atom is 0.338 e. The number of hydrogen-bond acceptors (Lipinski definition) is 5. The highest BCUT2D eigenvalue weighted by Crippen LogP contribution is 2.26. The molecular formula is C11H12Cl2O5S. The first kappa shape index (κ1) is 16.2.